The number of aromatic nitrogens is 2. The number of hydrogen-bond acceptors (Lipinski definition) is 4. The molecule has 0 radical (unpaired) electrons. The molecule has 1 fully saturated rings. The first-order chi connectivity index (χ1) is 10.1. The first kappa shape index (κ1) is 15.9. The van der Waals surface area contributed by atoms with Crippen molar-refractivity contribution in [3.63, 3.8) is 0 Å². The first-order valence-electron chi connectivity index (χ1n) is 7.98. The summed E-state index contributed by atoms with van der Waals surface area (Å²) in [5.74, 6) is 0.108. The molecule has 1 saturated heterocycles. The zero-order valence-corrected chi connectivity index (χ0v) is 13.5. The van der Waals surface area contributed by atoms with Crippen LogP contribution in [0.2, 0.25) is 0 Å². The summed E-state index contributed by atoms with van der Waals surface area (Å²) in [5.41, 5.74) is 2.32. The van der Waals surface area contributed by atoms with Gasteiger partial charge >= 0.3 is 0 Å². The van der Waals surface area contributed by atoms with Crippen LogP contribution in [-0.2, 0) is 6.42 Å². The Morgan fingerprint density at radius 2 is 2.10 bits per heavy atom. The summed E-state index contributed by atoms with van der Waals surface area (Å²) in [4.78, 5) is 15.0. The van der Waals surface area contributed by atoms with E-state index in [2.05, 4.69) is 29.4 Å². The van der Waals surface area contributed by atoms with Gasteiger partial charge in [0.1, 0.15) is 0 Å². The van der Waals surface area contributed by atoms with Crippen LogP contribution in [0.4, 0.5) is 0 Å². The zero-order chi connectivity index (χ0) is 15.4. The first-order valence-corrected chi connectivity index (χ1v) is 7.98. The number of piperazine rings is 1. The number of nitrogens with zero attached hydrogens (tertiary/aromatic N) is 3. The Morgan fingerprint density at radius 3 is 2.71 bits per heavy atom. The van der Waals surface area contributed by atoms with Gasteiger partial charge in [0.05, 0.1) is 17.0 Å². The molecule has 1 N–H and O–H groups in total. The van der Waals surface area contributed by atoms with Crippen LogP contribution in [0.15, 0.2) is 6.07 Å². The summed E-state index contributed by atoms with van der Waals surface area (Å²) >= 11 is 0. The fourth-order valence-corrected chi connectivity index (χ4v) is 2.87. The lowest BCUT2D eigenvalue weighted by molar-refractivity contribution is 0.0574. The highest BCUT2D eigenvalue weighted by Gasteiger charge is 2.31. The Balaban J connectivity index is 2.30. The normalized spacial score (nSPS) is 22.4. The third-order valence-corrected chi connectivity index (χ3v) is 4.28. The maximum atomic E-state index is 13.0. The summed E-state index contributed by atoms with van der Waals surface area (Å²) in [7, 11) is 0. The number of nitrogens with one attached hydrogen (secondary N) is 1. The minimum absolute atomic E-state index is 0.108. The smallest absolute Gasteiger partial charge is 0.256 e. The second-order valence-electron chi connectivity index (χ2n) is 5.73. The highest BCUT2D eigenvalue weighted by molar-refractivity contribution is 5.95. The van der Waals surface area contributed by atoms with Crippen molar-refractivity contribution in [1.82, 2.24) is 20.4 Å². The van der Waals surface area contributed by atoms with Gasteiger partial charge in [-0.3, -0.25) is 4.79 Å². The molecule has 1 aromatic rings. The molecule has 1 aliphatic rings. The summed E-state index contributed by atoms with van der Waals surface area (Å²) in [5, 5.41) is 11.8. The van der Waals surface area contributed by atoms with Crippen LogP contribution >= 0.6 is 0 Å². The van der Waals surface area contributed by atoms with Crippen LogP contribution in [0.5, 0.6) is 0 Å². The minimum Gasteiger partial charge on any atom is -0.333 e. The van der Waals surface area contributed by atoms with Crippen molar-refractivity contribution in [2.45, 2.75) is 59.0 Å². The molecule has 0 aliphatic carbocycles. The van der Waals surface area contributed by atoms with E-state index in [9.17, 15) is 4.79 Å². The number of amides is 1. The van der Waals surface area contributed by atoms with E-state index in [0.29, 0.717) is 6.04 Å². The molecular weight excluding hydrogens is 264 g/mol. The number of carbonyl (C=O) groups is 1. The zero-order valence-electron chi connectivity index (χ0n) is 13.5. The lowest BCUT2D eigenvalue weighted by atomic mass is 10.0. The maximum absolute atomic E-state index is 13.0. The Hall–Kier alpha value is -1.49. The molecule has 1 aromatic heterocycles. The summed E-state index contributed by atoms with van der Waals surface area (Å²) in [6, 6.07) is 2.53. The molecule has 1 aliphatic heterocycles. The van der Waals surface area contributed by atoms with Gasteiger partial charge in [-0.25, -0.2) is 0 Å². The van der Waals surface area contributed by atoms with E-state index in [0.717, 1.165) is 49.3 Å². The second kappa shape index (κ2) is 6.98. The predicted molar refractivity (Wildman–Crippen MR) is 83.3 cm³/mol. The molecule has 2 unspecified atom stereocenters. The number of carbonyl (C=O) groups excluding carboxylic acids is 1. The van der Waals surface area contributed by atoms with Crippen LogP contribution in [-0.4, -0.2) is 46.2 Å². The highest BCUT2D eigenvalue weighted by Crippen LogP contribution is 2.18. The van der Waals surface area contributed by atoms with Gasteiger partial charge in [0, 0.05) is 25.2 Å². The van der Waals surface area contributed by atoms with E-state index in [4.69, 9.17) is 0 Å². The van der Waals surface area contributed by atoms with Gasteiger partial charge < -0.3 is 10.2 Å². The van der Waals surface area contributed by atoms with E-state index in [-0.39, 0.29) is 11.9 Å². The molecule has 0 aromatic carbocycles. The molecule has 0 bridgehead atoms. The second-order valence-corrected chi connectivity index (χ2v) is 5.73. The standard InChI is InChI=1S/C16H26N4O/c1-5-12-10-20(13(6-2)9-17-12)16(21)14-8-11(4)18-19-15(14)7-3/h8,12-13,17H,5-7,9-10H2,1-4H3. The van der Waals surface area contributed by atoms with E-state index in [1.807, 2.05) is 24.8 Å². The quantitative estimate of drug-likeness (QED) is 0.921. The van der Waals surface area contributed by atoms with E-state index < -0.39 is 0 Å². The van der Waals surface area contributed by atoms with Crippen molar-refractivity contribution >= 4 is 5.91 Å². The lowest BCUT2D eigenvalue weighted by Gasteiger charge is -2.40. The molecule has 0 spiro atoms. The number of hydrogen-bond donors (Lipinski definition) is 1. The Labute approximate surface area is 127 Å². The number of aryl methyl sites for hydroxylation is 2. The summed E-state index contributed by atoms with van der Waals surface area (Å²) in [6.45, 7) is 9.84. The van der Waals surface area contributed by atoms with Gasteiger partial charge in [-0.15, -0.1) is 0 Å². The Kier molecular flexibility index (Phi) is 5.28. The molecular formula is C16H26N4O. The molecule has 2 heterocycles. The predicted octanol–water partition coefficient (Wildman–Crippen LogP) is 1.95. The van der Waals surface area contributed by atoms with Crippen molar-refractivity contribution < 1.29 is 4.79 Å². The topological polar surface area (TPSA) is 58.1 Å². The Bertz CT molecular complexity index is 503. The highest BCUT2D eigenvalue weighted by atomic mass is 16.2. The average molecular weight is 290 g/mol. The fourth-order valence-electron chi connectivity index (χ4n) is 2.87. The molecule has 5 nitrogen and oxygen atoms in total. The monoisotopic (exact) mass is 290 g/mol. The van der Waals surface area contributed by atoms with E-state index >= 15 is 0 Å². The van der Waals surface area contributed by atoms with Crippen LogP contribution in [0.25, 0.3) is 0 Å². The van der Waals surface area contributed by atoms with Gasteiger partial charge in [-0.2, -0.15) is 10.2 Å². The van der Waals surface area contributed by atoms with E-state index in [1.165, 1.54) is 0 Å². The van der Waals surface area contributed by atoms with Crippen LogP contribution in [0, 0.1) is 6.92 Å². The van der Waals surface area contributed by atoms with Crippen molar-refractivity contribution in [3.8, 4) is 0 Å². The van der Waals surface area contributed by atoms with Gasteiger partial charge in [0.25, 0.3) is 5.91 Å². The molecule has 2 rings (SSSR count). The molecule has 1 amide bonds. The number of rotatable bonds is 4. The third-order valence-electron chi connectivity index (χ3n) is 4.28. The van der Waals surface area contributed by atoms with Crippen molar-refractivity contribution in [1.29, 1.82) is 0 Å². The maximum Gasteiger partial charge on any atom is 0.256 e. The van der Waals surface area contributed by atoms with Crippen molar-refractivity contribution in [2.75, 3.05) is 13.1 Å². The van der Waals surface area contributed by atoms with Gasteiger partial charge in [0.15, 0.2) is 0 Å². The molecule has 116 valence electrons. The van der Waals surface area contributed by atoms with Crippen LogP contribution < -0.4 is 5.32 Å². The van der Waals surface area contributed by atoms with Crippen LogP contribution in [0.3, 0.4) is 0 Å². The average Bonchev–Trinajstić information content (AvgIpc) is 2.53. The molecule has 5 heteroatoms. The molecule has 21 heavy (non-hydrogen) atoms. The Morgan fingerprint density at radius 1 is 1.33 bits per heavy atom. The summed E-state index contributed by atoms with van der Waals surface area (Å²) in [6.07, 6.45) is 2.73. The molecule has 0 saturated carbocycles. The summed E-state index contributed by atoms with van der Waals surface area (Å²) < 4.78 is 0. The largest absolute Gasteiger partial charge is 0.333 e. The van der Waals surface area contributed by atoms with E-state index in [1.54, 1.807) is 0 Å². The lowest BCUT2D eigenvalue weighted by Crippen LogP contribution is -2.58. The van der Waals surface area contributed by atoms with Gasteiger partial charge in [-0.1, -0.05) is 20.8 Å². The minimum atomic E-state index is 0.108. The third kappa shape index (κ3) is 3.40. The van der Waals surface area contributed by atoms with Crippen molar-refractivity contribution in [2.24, 2.45) is 0 Å². The molecule has 2 atom stereocenters. The van der Waals surface area contributed by atoms with Crippen LogP contribution in [0.1, 0.15) is 55.4 Å². The van der Waals surface area contributed by atoms with Gasteiger partial charge in [-0.05, 0) is 32.3 Å². The van der Waals surface area contributed by atoms with Crippen molar-refractivity contribution in [3.05, 3.63) is 23.0 Å². The SMILES string of the molecule is CCc1nnc(C)cc1C(=O)N1CC(CC)NCC1CC. The van der Waals surface area contributed by atoms with Gasteiger partial charge in [0.2, 0.25) is 0 Å². The fraction of sp³-hybridized carbons (Fsp3) is 0.688.